The summed E-state index contributed by atoms with van der Waals surface area (Å²) in [4.78, 5) is 9.46. The summed E-state index contributed by atoms with van der Waals surface area (Å²) in [6.45, 7) is 0. The zero-order chi connectivity index (χ0) is 16.1. The molecule has 3 atom stereocenters. The second kappa shape index (κ2) is 5.33. The van der Waals surface area contributed by atoms with Crippen LogP contribution in [0.5, 0.6) is 0 Å². The highest BCUT2D eigenvalue weighted by Crippen LogP contribution is 2.52. The maximum Gasteiger partial charge on any atom is 0.158 e. The molecule has 2 heterocycles. The van der Waals surface area contributed by atoms with E-state index in [2.05, 4.69) is 57.8 Å². The van der Waals surface area contributed by atoms with Crippen molar-refractivity contribution in [2.75, 3.05) is 0 Å². The van der Waals surface area contributed by atoms with E-state index in [0.29, 0.717) is 6.04 Å². The molecule has 2 fully saturated rings. The SMILES string of the molecule is Cn1ccnc1-c1c(-c2ccccc2)ncn1[C@@H]1C[C@@H]2CC[C@H]1C2. The largest absolute Gasteiger partial charge is 0.333 e. The topological polar surface area (TPSA) is 35.6 Å². The summed E-state index contributed by atoms with van der Waals surface area (Å²) < 4.78 is 4.53. The maximum atomic E-state index is 4.82. The Balaban J connectivity index is 1.68. The van der Waals surface area contributed by atoms with E-state index in [-0.39, 0.29) is 0 Å². The maximum absolute atomic E-state index is 4.82. The molecule has 0 aliphatic heterocycles. The number of hydrogen-bond donors (Lipinski definition) is 0. The zero-order valence-corrected chi connectivity index (χ0v) is 14.0. The quantitative estimate of drug-likeness (QED) is 0.721. The van der Waals surface area contributed by atoms with E-state index in [4.69, 9.17) is 4.98 Å². The molecular weight excluding hydrogens is 296 g/mol. The molecule has 24 heavy (non-hydrogen) atoms. The van der Waals surface area contributed by atoms with E-state index in [1.54, 1.807) is 0 Å². The van der Waals surface area contributed by atoms with E-state index in [1.165, 1.54) is 31.4 Å². The molecule has 5 rings (SSSR count). The number of benzene rings is 1. The lowest BCUT2D eigenvalue weighted by atomic mass is 9.95. The molecule has 122 valence electrons. The number of nitrogens with zero attached hydrogens (tertiary/aromatic N) is 4. The second-order valence-corrected chi connectivity index (χ2v) is 7.32. The Hall–Kier alpha value is -2.36. The van der Waals surface area contributed by atoms with Gasteiger partial charge in [0.2, 0.25) is 0 Å². The van der Waals surface area contributed by atoms with Crippen LogP contribution in [0.4, 0.5) is 0 Å². The second-order valence-electron chi connectivity index (χ2n) is 7.32. The molecule has 2 saturated carbocycles. The lowest BCUT2D eigenvalue weighted by Crippen LogP contribution is -2.17. The van der Waals surface area contributed by atoms with E-state index < -0.39 is 0 Å². The van der Waals surface area contributed by atoms with E-state index in [1.807, 2.05) is 12.4 Å². The summed E-state index contributed by atoms with van der Waals surface area (Å²) in [7, 11) is 2.06. The van der Waals surface area contributed by atoms with Crippen LogP contribution in [0.2, 0.25) is 0 Å². The van der Waals surface area contributed by atoms with Crippen molar-refractivity contribution in [1.29, 1.82) is 0 Å². The Morgan fingerprint density at radius 2 is 1.92 bits per heavy atom. The van der Waals surface area contributed by atoms with Crippen LogP contribution in [-0.2, 0) is 7.05 Å². The first-order valence-corrected chi connectivity index (χ1v) is 8.91. The van der Waals surface area contributed by atoms with Gasteiger partial charge in [0, 0.05) is 31.0 Å². The average Bonchev–Trinajstić information content (AvgIpc) is 3.38. The smallest absolute Gasteiger partial charge is 0.158 e. The highest BCUT2D eigenvalue weighted by atomic mass is 15.2. The van der Waals surface area contributed by atoms with Gasteiger partial charge in [-0.05, 0) is 31.1 Å². The van der Waals surface area contributed by atoms with Crippen LogP contribution >= 0.6 is 0 Å². The summed E-state index contributed by atoms with van der Waals surface area (Å²) >= 11 is 0. The van der Waals surface area contributed by atoms with Crippen LogP contribution in [0.25, 0.3) is 22.8 Å². The molecule has 0 spiro atoms. The number of fused-ring (bicyclic) bond motifs is 2. The fourth-order valence-electron chi connectivity index (χ4n) is 4.79. The summed E-state index contributed by atoms with van der Waals surface area (Å²) in [6.07, 6.45) is 11.4. The van der Waals surface area contributed by atoms with E-state index >= 15 is 0 Å². The molecule has 0 radical (unpaired) electrons. The highest BCUT2D eigenvalue weighted by Gasteiger charge is 2.41. The minimum Gasteiger partial charge on any atom is -0.333 e. The van der Waals surface area contributed by atoms with Crippen molar-refractivity contribution in [1.82, 2.24) is 19.1 Å². The van der Waals surface area contributed by atoms with E-state index in [0.717, 1.165) is 28.9 Å². The third-order valence-corrected chi connectivity index (χ3v) is 5.93. The first kappa shape index (κ1) is 14.0. The van der Waals surface area contributed by atoms with Gasteiger partial charge < -0.3 is 9.13 Å². The van der Waals surface area contributed by atoms with Crippen LogP contribution in [0.15, 0.2) is 49.1 Å². The molecule has 2 bridgehead atoms. The van der Waals surface area contributed by atoms with Crippen molar-refractivity contribution in [2.45, 2.75) is 31.7 Å². The standard InChI is InChI=1S/C20H22N4/c1-23-10-9-21-20(23)19-18(15-5-3-2-4-6-15)22-13-24(19)17-12-14-7-8-16(17)11-14/h2-6,9-10,13-14,16-17H,7-8,11-12H2,1H3/t14-,16+,17-/m1/s1. The molecule has 0 unspecified atom stereocenters. The van der Waals surface area contributed by atoms with Crippen molar-refractivity contribution >= 4 is 0 Å². The minimum atomic E-state index is 0.584. The number of aryl methyl sites for hydroxylation is 1. The van der Waals surface area contributed by atoms with Crippen LogP contribution in [0.1, 0.15) is 31.7 Å². The number of aromatic nitrogens is 4. The molecule has 0 saturated heterocycles. The van der Waals surface area contributed by atoms with Crippen LogP contribution in [0.3, 0.4) is 0 Å². The predicted molar refractivity (Wildman–Crippen MR) is 94.4 cm³/mol. The van der Waals surface area contributed by atoms with Crippen LogP contribution in [0, 0.1) is 11.8 Å². The normalized spacial score (nSPS) is 25.5. The van der Waals surface area contributed by atoms with Crippen molar-refractivity contribution in [3.05, 3.63) is 49.1 Å². The zero-order valence-electron chi connectivity index (χ0n) is 14.0. The molecule has 2 aliphatic rings. The van der Waals surface area contributed by atoms with Gasteiger partial charge in [0.15, 0.2) is 5.82 Å². The molecule has 4 nitrogen and oxygen atoms in total. The van der Waals surface area contributed by atoms with Gasteiger partial charge in [0.05, 0.1) is 12.0 Å². The molecular formula is C20H22N4. The fraction of sp³-hybridized carbons (Fsp3) is 0.400. The van der Waals surface area contributed by atoms with Crippen molar-refractivity contribution in [3.63, 3.8) is 0 Å². The van der Waals surface area contributed by atoms with Gasteiger partial charge in [-0.1, -0.05) is 36.8 Å². The third kappa shape index (κ3) is 2.05. The van der Waals surface area contributed by atoms with Gasteiger partial charge in [-0.25, -0.2) is 9.97 Å². The molecule has 2 aliphatic carbocycles. The van der Waals surface area contributed by atoms with Crippen LogP contribution in [-0.4, -0.2) is 19.1 Å². The van der Waals surface area contributed by atoms with Crippen molar-refractivity contribution in [2.24, 2.45) is 18.9 Å². The molecule has 1 aromatic carbocycles. The van der Waals surface area contributed by atoms with Gasteiger partial charge in [-0.15, -0.1) is 0 Å². The Morgan fingerprint density at radius 1 is 1.04 bits per heavy atom. The first-order chi connectivity index (χ1) is 11.8. The third-order valence-electron chi connectivity index (χ3n) is 5.93. The molecule has 3 aromatic rings. The Kier molecular flexibility index (Phi) is 3.12. The van der Waals surface area contributed by atoms with Crippen LogP contribution < -0.4 is 0 Å². The lowest BCUT2D eigenvalue weighted by Gasteiger charge is -2.25. The molecule has 0 amide bonds. The summed E-state index contributed by atoms with van der Waals surface area (Å²) in [6, 6.07) is 11.1. The number of hydrogen-bond acceptors (Lipinski definition) is 2. The van der Waals surface area contributed by atoms with Crippen molar-refractivity contribution in [3.8, 4) is 22.8 Å². The lowest BCUT2D eigenvalue weighted by molar-refractivity contribution is 0.331. The average molecular weight is 318 g/mol. The summed E-state index contributed by atoms with van der Waals surface area (Å²) in [5.74, 6) is 2.73. The minimum absolute atomic E-state index is 0.584. The van der Waals surface area contributed by atoms with Gasteiger partial charge in [-0.2, -0.15) is 0 Å². The molecule has 0 N–H and O–H groups in total. The monoisotopic (exact) mass is 318 g/mol. The Morgan fingerprint density at radius 3 is 2.58 bits per heavy atom. The molecule has 4 heteroatoms. The first-order valence-electron chi connectivity index (χ1n) is 8.91. The Labute approximate surface area is 142 Å². The number of imidazole rings is 2. The predicted octanol–water partition coefficient (Wildman–Crippen LogP) is 4.31. The Bertz CT molecular complexity index is 861. The summed E-state index contributed by atoms with van der Waals surface area (Å²) in [5, 5.41) is 0. The fourth-order valence-corrected chi connectivity index (χ4v) is 4.79. The van der Waals surface area contributed by atoms with Gasteiger partial charge >= 0.3 is 0 Å². The molecule has 2 aromatic heterocycles. The van der Waals surface area contributed by atoms with E-state index in [9.17, 15) is 0 Å². The van der Waals surface area contributed by atoms with Gasteiger partial charge in [-0.3, -0.25) is 0 Å². The highest BCUT2D eigenvalue weighted by molar-refractivity contribution is 5.75. The number of rotatable bonds is 3. The summed E-state index contributed by atoms with van der Waals surface area (Å²) in [5.41, 5.74) is 3.39. The van der Waals surface area contributed by atoms with Gasteiger partial charge in [0.1, 0.15) is 5.69 Å². The van der Waals surface area contributed by atoms with Gasteiger partial charge in [0.25, 0.3) is 0 Å². The van der Waals surface area contributed by atoms with Crippen molar-refractivity contribution < 1.29 is 0 Å².